The Morgan fingerprint density at radius 2 is 1.59 bits per heavy atom. The number of ether oxygens (including phenoxy) is 1. The van der Waals surface area contributed by atoms with Gasteiger partial charge in [-0.2, -0.15) is 0 Å². The van der Waals surface area contributed by atoms with Gasteiger partial charge in [-0.25, -0.2) is 4.79 Å². The van der Waals surface area contributed by atoms with Crippen molar-refractivity contribution in [1.82, 2.24) is 5.32 Å². The number of hydrogen-bond acceptors (Lipinski definition) is 4. The van der Waals surface area contributed by atoms with Gasteiger partial charge in [0.2, 0.25) is 11.8 Å². The summed E-state index contributed by atoms with van der Waals surface area (Å²) in [7, 11) is 0. The van der Waals surface area contributed by atoms with Gasteiger partial charge in [0.25, 0.3) is 0 Å². The summed E-state index contributed by atoms with van der Waals surface area (Å²) in [6.45, 7) is 2.53. The Hall–Kier alpha value is -4.33. The second-order valence-corrected chi connectivity index (χ2v) is 7.70. The number of benzene rings is 3. The molecule has 4 rings (SSSR count). The van der Waals surface area contributed by atoms with E-state index in [1.807, 2.05) is 37.3 Å². The van der Waals surface area contributed by atoms with Crippen molar-refractivity contribution in [1.29, 1.82) is 0 Å². The number of hydrogen-bond donors (Lipinski definition) is 2. The fourth-order valence-corrected chi connectivity index (χ4v) is 3.70. The van der Waals surface area contributed by atoms with Gasteiger partial charge in [0.1, 0.15) is 18.8 Å². The van der Waals surface area contributed by atoms with Gasteiger partial charge in [-0.05, 0) is 48.9 Å². The van der Waals surface area contributed by atoms with Gasteiger partial charge in [0.15, 0.2) is 0 Å². The van der Waals surface area contributed by atoms with E-state index >= 15 is 0 Å². The molecule has 0 unspecified atom stereocenters. The molecule has 0 saturated carbocycles. The summed E-state index contributed by atoms with van der Waals surface area (Å²) in [4.78, 5) is 41.3. The Bertz CT molecular complexity index is 1160. The molecule has 3 aromatic carbocycles. The maximum atomic E-state index is 13.0. The van der Waals surface area contributed by atoms with Crippen LogP contribution in [0.15, 0.2) is 78.9 Å². The Morgan fingerprint density at radius 3 is 2.29 bits per heavy atom. The van der Waals surface area contributed by atoms with E-state index in [-0.39, 0.29) is 24.9 Å². The molecule has 0 aromatic heterocycles. The Morgan fingerprint density at radius 1 is 0.912 bits per heavy atom. The van der Waals surface area contributed by atoms with E-state index < -0.39 is 6.03 Å². The van der Waals surface area contributed by atoms with E-state index in [9.17, 15) is 14.4 Å². The van der Waals surface area contributed by atoms with Gasteiger partial charge in [0.05, 0.1) is 18.0 Å². The lowest BCUT2D eigenvalue weighted by Crippen LogP contribution is -2.51. The first-order chi connectivity index (χ1) is 16.5. The molecular weight excluding hydrogens is 432 g/mol. The molecule has 0 aliphatic carbocycles. The molecule has 0 bridgehead atoms. The Balaban J connectivity index is 1.45. The standard InChI is InChI=1S/C26H26N4O4/c1-2-34-21-14-12-20(13-15-21)28-26(33)30-18-25(32)29(22-10-6-7-11-23(22)30)17-24(31)27-16-19-8-4-3-5-9-19/h3-15H,2,16-18H2,1H3,(H,27,31)(H,28,33). The third-order valence-electron chi connectivity index (χ3n) is 5.35. The highest BCUT2D eigenvalue weighted by Crippen LogP contribution is 2.33. The molecule has 1 heterocycles. The minimum absolute atomic E-state index is 0.128. The van der Waals surface area contributed by atoms with Crippen molar-refractivity contribution >= 4 is 34.9 Å². The number of carbonyl (C=O) groups is 3. The minimum atomic E-state index is -0.432. The lowest BCUT2D eigenvalue weighted by atomic mass is 10.1. The van der Waals surface area contributed by atoms with Crippen LogP contribution in [0.25, 0.3) is 0 Å². The van der Waals surface area contributed by atoms with E-state index in [1.54, 1.807) is 48.5 Å². The Kier molecular flexibility index (Phi) is 7.07. The van der Waals surface area contributed by atoms with Crippen LogP contribution in [0.2, 0.25) is 0 Å². The quantitative estimate of drug-likeness (QED) is 0.564. The van der Waals surface area contributed by atoms with E-state index in [0.717, 1.165) is 5.56 Å². The fourth-order valence-electron chi connectivity index (χ4n) is 3.70. The molecule has 2 N–H and O–H groups in total. The predicted octanol–water partition coefficient (Wildman–Crippen LogP) is 3.79. The molecule has 0 radical (unpaired) electrons. The highest BCUT2D eigenvalue weighted by Gasteiger charge is 2.33. The summed E-state index contributed by atoms with van der Waals surface area (Å²) in [5.74, 6) is 0.0925. The molecule has 0 atom stereocenters. The number of amides is 4. The first kappa shape index (κ1) is 22.8. The SMILES string of the molecule is CCOc1ccc(NC(=O)N2CC(=O)N(CC(=O)NCc3ccccc3)c3ccccc32)cc1. The number of nitrogens with one attached hydrogen (secondary N) is 2. The lowest BCUT2D eigenvalue weighted by molar-refractivity contribution is -0.123. The molecule has 3 aromatic rings. The number of carbonyl (C=O) groups excluding carboxylic acids is 3. The third-order valence-corrected chi connectivity index (χ3v) is 5.35. The van der Waals surface area contributed by atoms with Gasteiger partial charge >= 0.3 is 6.03 Å². The zero-order valence-corrected chi connectivity index (χ0v) is 18.9. The van der Waals surface area contributed by atoms with E-state index in [2.05, 4.69) is 10.6 Å². The molecule has 4 amide bonds. The van der Waals surface area contributed by atoms with Crippen LogP contribution in [-0.4, -0.2) is 37.5 Å². The van der Waals surface area contributed by atoms with Crippen molar-refractivity contribution in [3.05, 3.63) is 84.4 Å². The highest BCUT2D eigenvalue weighted by molar-refractivity contribution is 6.15. The smallest absolute Gasteiger partial charge is 0.326 e. The molecule has 0 spiro atoms. The van der Waals surface area contributed by atoms with Gasteiger partial charge < -0.3 is 15.4 Å². The second kappa shape index (κ2) is 10.5. The van der Waals surface area contributed by atoms with Crippen molar-refractivity contribution < 1.29 is 19.1 Å². The second-order valence-electron chi connectivity index (χ2n) is 7.70. The lowest BCUT2D eigenvalue weighted by Gasteiger charge is -2.35. The summed E-state index contributed by atoms with van der Waals surface area (Å²) >= 11 is 0. The molecule has 0 saturated heterocycles. The normalized spacial score (nSPS) is 12.7. The van der Waals surface area contributed by atoms with Crippen molar-refractivity contribution in [3.63, 3.8) is 0 Å². The van der Waals surface area contributed by atoms with Crippen molar-refractivity contribution in [2.45, 2.75) is 13.5 Å². The number of para-hydroxylation sites is 2. The van der Waals surface area contributed by atoms with Crippen LogP contribution in [0.5, 0.6) is 5.75 Å². The number of fused-ring (bicyclic) bond motifs is 1. The van der Waals surface area contributed by atoms with Gasteiger partial charge in [-0.15, -0.1) is 0 Å². The molecule has 1 aliphatic rings. The van der Waals surface area contributed by atoms with Crippen LogP contribution >= 0.6 is 0 Å². The maximum Gasteiger partial charge on any atom is 0.326 e. The average molecular weight is 459 g/mol. The highest BCUT2D eigenvalue weighted by atomic mass is 16.5. The Labute approximate surface area is 198 Å². The summed E-state index contributed by atoms with van der Waals surface area (Å²) in [6.07, 6.45) is 0. The summed E-state index contributed by atoms with van der Waals surface area (Å²) < 4.78 is 5.42. The molecule has 8 heteroatoms. The van der Waals surface area contributed by atoms with Crippen molar-refractivity contribution in [2.75, 3.05) is 34.8 Å². The minimum Gasteiger partial charge on any atom is -0.494 e. The molecular formula is C26H26N4O4. The van der Waals surface area contributed by atoms with E-state index in [1.165, 1.54) is 9.80 Å². The van der Waals surface area contributed by atoms with Crippen LogP contribution in [-0.2, 0) is 16.1 Å². The molecule has 34 heavy (non-hydrogen) atoms. The van der Waals surface area contributed by atoms with Crippen LogP contribution < -0.4 is 25.2 Å². The summed E-state index contributed by atoms with van der Waals surface area (Å²) in [5, 5.41) is 5.66. The van der Waals surface area contributed by atoms with Gasteiger partial charge in [0, 0.05) is 12.2 Å². The van der Waals surface area contributed by atoms with Crippen LogP contribution in [0.3, 0.4) is 0 Å². The zero-order valence-electron chi connectivity index (χ0n) is 18.9. The number of anilines is 3. The van der Waals surface area contributed by atoms with Crippen molar-refractivity contribution in [3.8, 4) is 5.75 Å². The average Bonchev–Trinajstić information content (AvgIpc) is 2.86. The van der Waals surface area contributed by atoms with Crippen molar-refractivity contribution in [2.24, 2.45) is 0 Å². The first-order valence-corrected chi connectivity index (χ1v) is 11.1. The van der Waals surface area contributed by atoms with E-state index in [0.29, 0.717) is 36.0 Å². The largest absolute Gasteiger partial charge is 0.494 e. The van der Waals surface area contributed by atoms with Crippen LogP contribution in [0.1, 0.15) is 12.5 Å². The first-order valence-electron chi connectivity index (χ1n) is 11.1. The fraction of sp³-hybridized carbons (Fsp3) is 0.192. The number of rotatable bonds is 7. The summed E-state index contributed by atoms with van der Waals surface area (Å²) in [5.41, 5.74) is 2.62. The molecule has 0 fully saturated rings. The topological polar surface area (TPSA) is 91.0 Å². The van der Waals surface area contributed by atoms with Crippen LogP contribution in [0, 0.1) is 0 Å². The van der Waals surface area contributed by atoms with E-state index in [4.69, 9.17) is 4.74 Å². The van der Waals surface area contributed by atoms with Gasteiger partial charge in [-0.1, -0.05) is 42.5 Å². The molecule has 8 nitrogen and oxygen atoms in total. The zero-order chi connectivity index (χ0) is 23.9. The summed E-state index contributed by atoms with van der Waals surface area (Å²) in [6, 6.07) is 23.2. The van der Waals surface area contributed by atoms with Gasteiger partial charge in [-0.3, -0.25) is 19.4 Å². The predicted molar refractivity (Wildman–Crippen MR) is 131 cm³/mol. The number of nitrogens with zero attached hydrogens (tertiary/aromatic N) is 2. The maximum absolute atomic E-state index is 13.0. The number of urea groups is 1. The molecule has 174 valence electrons. The molecule has 1 aliphatic heterocycles. The third kappa shape index (κ3) is 5.35. The van der Waals surface area contributed by atoms with Crippen LogP contribution in [0.4, 0.5) is 21.9 Å². The monoisotopic (exact) mass is 458 g/mol.